The summed E-state index contributed by atoms with van der Waals surface area (Å²) >= 11 is 0. The Hall–Kier alpha value is -5.16. The molecule has 0 aliphatic carbocycles. The van der Waals surface area contributed by atoms with Crippen LogP contribution < -0.4 is 4.74 Å². The van der Waals surface area contributed by atoms with E-state index < -0.39 is 80.6 Å². The molecular formula is C33H16F10O. The van der Waals surface area contributed by atoms with E-state index in [1.807, 2.05) is 11.8 Å². The summed E-state index contributed by atoms with van der Waals surface area (Å²) in [6, 6.07) is 6.45. The SMILES string of the molecule is C=CCCc1ccc(C#Cc2cc(F)c(C(F)(F)Oc3cc(F)c(C#Cc4cc(F)c(F)c(F)c4)c(F)c3)c(F)c2)c(F)c1. The molecule has 11 heteroatoms. The minimum Gasteiger partial charge on any atom is -0.429 e. The summed E-state index contributed by atoms with van der Waals surface area (Å²) in [5.74, 6) is -5.14. The van der Waals surface area contributed by atoms with Gasteiger partial charge in [-0.3, -0.25) is 0 Å². The number of ether oxygens (including phenoxy) is 1. The highest BCUT2D eigenvalue weighted by atomic mass is 19.3. The van der Waals surface area contributed by atoms with Crippen LogP contribution in [0.5, 0.6) is 5.75 Å². The van der Waals surface area contributed by atoms with Crippen molar-refractivity contribution in [2.75, 3.05) is 0 Å². The van der Waals surface area contributed by atoms with Gasteiger partial charge in [0.15, 0.2) is 17.5 Å². The number of alkyl halides is 2. The number of hydrogen-bond donors (Lipinski definition) is 0. The summed E-state index contributed by atoms with van der Waals surface area (Å²) in [6.45, 7) is 3.57. The standard InChI is InChI=1S/C33H16F10O/c1-2-3-4-18-5-8-21(24(34)11-18)9-6-19-12-27(37)31(28(38)13-19)33(42,43)44-22-16-25(35)23(26(36)17-22)10-7-20-14-29(39)32(41)30(40)15-20/h2,5,8,11-17H,1,3-4H2. The Morgan fingerprint density at radius 1 is 0.636 bits per heavy atom. The predicted octanol–water partition coefficient (Wildman–Crippen LogP) is 8.85. The van der Waals surface area contributed by atoms with Crippen LogP contribution in [-0.2, 0) is 12.5 Å². The lowest BCUT2D eigenvalue weighted by atomic mass is 10.1. The van der Waals surface area contributed by atoms with E-state index in [4.69, 9.17) is 0 Å². The van der Waals surface area contributed by atoms with Gasteiger partial charge in [0, 0.05) is 23.3 Å². The van der Waals surface area contributed by atoms with Crippen molar-refractivity contribution in [2.24, 2.45) is 0 Å². The lowest BCUT2D eigenvalue weighted by Crippen LogP contribution is -2.25. The minimum absolute atomic E-state index is 0.111. The number of halogens is 10. The third kappa shape index (κ3) is 7.24. The number of rotatable bonds is 6. The predicted molar refractivity (Wildman–Crippen MR) is 140 cm³/mol. The molecule has 0 unspecified atom stereocenters. The summed E-state index contributed by atoms with van der Waals surface area (Å²) < 4.78 is 146. The summed E-state index contributed by atoms with van der Waals surface area (Å²) in [7, 11) is 0. The molecule has 224 valence electrons. The molecule has 4 aromatic rings. The monoisotopic (exact) mass is 618 g/mol. The van der Waals surface area contributed by atoms with Crippen molar-refractivity contribution in [3.63, 3.8) is 0 Å². The molecule has 4 aromatic carbocycles. The van der Waals surface area contributed by atoms with E-state index in [9.17, 15) is 43.9 Å². The highest BCUT2D eigenvalue weighted by Crippen LogP contribution is 2.36. The fourth-order valence-corrected chi connectivity index (χ4v) is 3.84. The molecule has 0 atom stereocenters. The van der Waals surface area contributed by atoms with Crippen LogP contribution in [0, 0.1) is 70.2 Å². The van der Waals surface area contributed by atoms with Crippen molar-refractivity contribution in [1.29, 1.82) is 0 Å². The largest absolute Gasteiger partial charge is 0.432 e. The number of aryl methyl sites for hydroxylation is 1. The van der Waals surface area contributed by atoms with Gasteiger partial charge >= 0.3 is 6.11 Å². The maximum Gasteiger partial charge on any atom is 0.432 e. The molecule has 4 rings (SSSR count). The summed E-state index contributed by atoms with van der Waals surface area (Å²) in [5.41, 5.74) is -3.29. The fourth-order valence-electron chi connectivity index (χ4n) is 3.84. The fraction of sp³-hybridized carbons (Fsp3) is 0.0909. The van der Waals surface area contributed by atoms with Gasteiger partial charge in [0.05, 0.1) is 11.1 Å². The van der Waals surface area contributed by atoms with E-state index in [2.05, 4.69) is 23.2 Å². The van der Waals surface area contributed by atoms with Crippen molar-refractivity contribution < 1.29 is 48.6 Å². The van der Waals surface area contributed by atoms with Crippen LogP contribution in [0.2, 0.25) is 0 Å². The quantitative estimate of drug-likeness (QED) is 0.0909. The van der Waals surface area contributed by atoms with E-state index in [0.29, 0.717) is 42.7 Å². The van der Waals surface area contributed by atoms with E-state index in [0.717, 1.165) is 0 Å². The Balaban J connectivity index is 1.56. The van der Waals surface area contributed by atoms with Gasteiger partial charge in [-0.05, 0) is 54.8 Å². The second-order valence-corrected chi connectivity index (χ2v) is 9.09. The zero-order valence-electron chi connectivity index (χ0n) is 22.1. The normalized spacial score (nSPS) is 10.9. The molecule has 0 saturated heterocycles. The molecule has 0 bridgehead atoms. The molecule has 0 fully saturated rings. The van der Waals surface area contributed by atoms with Gasteiger partial charge in [-0.2, -0.15) is 8.78 Å². The maximum absolute atomic E-state index is 14.8. The van der Waals surface area contributed by atoms with Crippen LogP contribution in [0.15, 0.2) is 67.3 Å². The second-order valence-electron chi connectivity index (χ2n) is 9.09. The van der Waals surface area contributed by atoms with Crippen LogP contribution >= 0.6 is 0 Å². The third-order valence-electron chi connectivity index (χ3n) is 5.92. The number of allylic oxidation sites excluding steroid dienone is 1. The Morgan fingerprint density at radius 2 is 1.18 bits per heavy atom. The Bertz CT molecular complexity index is 1820. The Morgan fingerprint density at radius 3 is 1.73 bits per heavy atom. The summed E-state index contributed by atoms with van der Waals surface area (Å²) in [6.07, 6.45) is -1.99. The van der Waals surface area contributed by atoms with E-state index in [-0.39, 0.29) is 17.7 Å². The molecule has 0 saturated carbocycles. The molecule has 1 nitrogen and oxygen atoms in total. The van der Waals surface area contributed by atoms with E-state index in [1.165, 1.54) is 12.1 Å². The van der Waals surface area contributed by atoms with Crippen LogP contribution in [-0.4, -0.2) is 0 Å². The molecule has 0 aliphatic rings. The van der Waals surface area contributed by atoms with Gasteiger partial charge in [-0.15, -0.1) is 6.58 Å². The zero-order chi connectivity index (χ0) is 32.2. The number of hydrogen-bond acceptors (Lipinski definition) is 1. The first-order chi connectivity index (χ1) is 20.8. The molecule has 0 aliphatic heterocycles. The van der Waals surface area contributed by atoms with Crippen LogP contribution in [0.3, 0.4) is 0 Å². The van der Waals surface area contributed by atoms with E-state index >= 15 is 0 Å². The van der Waals surface area contributed by atoms with Crippen LogP contribution in [0.4, 0.5) is 43.9 Å². The van der Waals surface area contributed by atoms with Gasteiger partial charge in [-0.1, -0.05) is 35.8 Å². The molecule has 0 N–H and O–H groups in total. The molecule has 44 heavy (non-hydrogen) atoms. The molecule has 0 aromatic heterocycles. The summed E-state index contributed by atoms with van der Waals surface area (Å²) in [5, 5.41) is 0. The molecule has 0 spiro atoms. The third-order valence-corrected chi connectivity index (χ3v) is 5.92. The first-order valence-corrected chi connectivity index (χ1v) is 12.4. The average molecular weight is 618 g/mol. The van der Waals surface area contributed by atoms with Gasteiger partial charge in [0.2, 0.25) is 0 Å². The number of benzene rings is 4. The van der Waals surface area contributed by atoms with Crippen molar-refractivity contribution in [1.82, 2.24) is 0 Å². The molecule has 0 amide bonds. The average Bonchev–Trinajstić information content (AvgIpc) is 2.93. The highest BCUT2D eigenvalue weighted by molar-refractivity contribution is 5.48. The maximum atomic E-state index is 14.8. The van der Waals surface area contributed by atoms with Gasteiger partial charge in [0.25, 0.3) is 0 Å². The molecule has 0 radical (unpaired) electrons. The van der Waals surface area contributed by atoms with Crippen molar-refractivity contribution in [3.05, 3.63) is 147 Å². The zero-order valence-corrected chi connectivity index (χ0v) is 22.1. The smallest absolute Gasteiger partial charge is 0.429 e. The minimum atomic E-state index is -4.79. The molecular weight excluding hydrogens is 602 g/mol. The Labute approximate surface area is 244 Å². The lowest BCUT2D eigenvalue weighted by molar-refractivity contribution is -0.189. The summed E-state index contributed by atoms with van der Waals surface area (Å²) in [4.78, 5) is 0. The Kier molecular flexibility index (Phi) is 9.39. The second kappa shape index (κ2) is 13.0. The van der Waals surface area contributed by atoms with Crippen molar-refractivity contribution >= 4 is 0 Å². The van der Waals surface area contributed by atoms with Crippen molar-refractivity contribution in [3.8, 4) is 29.4 Å². The van der Waals surface area contributed by atoms with Gasteiger partial charge < -0.3 is 4.74 Å². The van der Waals surface area contributed by atoms with Crippen LogP contribution in [0.25, 0.3) is 0 Å². The topological polar surface area (TPSA) is 9.23 Å². The van der Waals surface area contributed by atoms with E-state index in [1.54, 1.807) is 12.1 Å². The first kappa shape index (κ1) is 31.8. The highest BCUT2D eigenvalue weighted by Gasteiger charge is 2.41. The molecule has 0 heterocycles. The van der Waals surface area contributed by atoms with Crippen molar-refractivity contribution in [2.45, 2.75) is 19.0 Å². The van der Waals surface area contributed by atoms with Crippen LogP contribution in [0.1, 0.15) is 39.8 Å². The lowest BCUT2D eigenvalue weighted by Gasteiger charge is -2.20. The van der Waals surface area contributed by atoms with Gasteiger partial charge in [-0.25, -0.2) is 35.1 Å². The van der Waals surface area contributed by atoms with Gasteiger partial charge in [0.1, 0.15) is 40.4 Å². The first-order valence-electron chi connectivity index (χ1n) is 12.4.